The maximum atomic E-state index is 14.3. The molecule has 0 fully saturated rings. The van der Waals surface area contributed by atoms with Gasteiger partial charge in [0.1, 0.15) is 16.5 Å². The van der Waals surface area contributed by atoms with E-state index < -0.39 is 23.6 Å². The molecule has 0 spiro atoms. The van der Waals surface area contributed by atoms with Crippen LogP contribution < -0.4 is 10.1 Å². The fraction of sp³-hybridized carbons (Fsp3) is 0.321. The first-order valence-electron chi connectivity index (χ1n) is 11.9. The largest absolute Gasteiger partial charge is 0.454 e. The zero-order valence-electron chi connectivity index (χ0n) is 21.8. The van der Waals surface area contributed by atoms with Crippen molar-refractivity contribution in [3.8, 4) is 11.5 Å². The van der Waals surface area contributed by atoms with Crippen molar-refractivity contribution in [3.63, 3.8) is 0 Å². The summed E-state index contributed by atoms with van der Waals surface area (Å²) in [6.45, 7) is 7.25. The Labute approximate surface area is 235 Å². The molecule has 10 heteroatoms. The van der Waals surface area contributed by atoms with Gasteiger partial charge in [0.25, 0.3) is 0 Å². The summed E-state index contributed by atoms with van der Waals surface area (Å²) >= 11 is 9.39. The Bertz CT molecular complexity index is 1300. The second kappa shape index (κ2) is 12.6. The smallest absolute Gasteiger partial charge is 0.408 e. The van der Waals surface area contributed by atoms with E-state index in [4.69, 9.17) is 21.1 Å². The van der Waals surface area contributed by atoms with E-state index in [2.05, 4.69) is 26.2 Å². The topological polar surface area (TPSA) is 80.8 Å². The van der Waals surface area contributed by atoms with Gasteiger partial charge in [-0.2, -0.15) is 0 Å². The summed E-state index contributed by atoms with van der Waals surface area (Å²) < 4.78 is 26.2. The van der Waals surface area contributed by atoms with Crippen LogP contribution in [0.3, 0.4) is 0 Å². The molecule has 3 aromatic rings. The van der Waals surface area contributed by atoms with E-state index in [1.165, 1.54) is 17.0 Å². The highest BCUT2D eigenvalue weighted by Crippen LogP contribution is 2.30. The number of hydrogen-bond acceptors (Lipinski definition) is 5. The molecule has 1 atom stereocenters. The Morgan fingerprint density at radius 3 is 2.50 bits per heavy atom. The Morgan fingerprint density at radius 2 is 1.84 bits per heavy atom. The van der Waals surface area contributed by atoms with Gasteiger partial charge in [-0.25, -0.2) is 14.2 Å². The van der Waals surface area contributed by atoms with Gasteiger partial charge in [-0.15, -0.1) is 0 Å². The number of halogens is 3. The van der Waals surface area contributed by atoms with Crippen LogP contribution in [0, 0.1) is 12.7 Å². The number of carbonyl (C=O) groups excluding carboxylic acids is 2. The van der Waals surface area contributed by atoms with Crippen molar-refractivity contribution in [2.75, 3.05) is 7.05 Å². The molecule has 0 saturated heterocycles. The van der Waals surface area contributed by atoms with Crippen LogP contribution in [0.4, 0.5) is 9.18 Å². The normalized spacial score (nSPS) is 12.0. The molecule has 0 radical (unpaired) electrons. The molecule has 202 valence electrons. The average Bonchev–Trinajstić information content (AvgIpc) is 2.79. The van der Waals surface area contributed by atoms with Crippen LogP contribution in [0.5, 0.6) is 11.5 Å². The third-order valence-corrected chi connectivity index (χ3v) is 6.02. The molecule has 3 rings (SSSR count). The number of amides is 2. The van der Waals surface area contributed by atoms with E-state index >= 15 is 0 Å². The first-order chi connectivity index (χ1) is 17.8. The number of nitrogens with one attached hydrogen (secondary N) is 1. The maximum Gasteiger partial charge on any atom is 0.408 e. The number of pyridine rings is 1. The first kappa shape index (κ1) is 29.4. The number of aryl methyl sites for hydroxylation is 1. The SMILES string of the molecule is Cc1cc(C(CC(=O)N(C)Cc2ccccc2Oc2ccc(Br)cc2F)NC(=O)OC(C)(C)C)cc(Cl)n1. The van der Waals surface area contributed by atoms with E-state index in [1.807, 2.05) is 6.07 Å². The number of aromatic nitrogens is 1. The summed E-state index contributed by atoms with van der Waals surface area (Å²) in [6, 6.07) is 14.3. The number of ether oxygens (including phenoxy) is 2. The lowest BCUT2D eigenvalue weighted by molar-refractivity contribution is -0.131. The number of hydrogen-bond donors (Lipinski definition) is 1. The van der Waals surface area contributed by atoms with E-state index in [0.717, 1.165) is 0 Å². The third-order valence-electron chi connectivity index (χ3n) is 5.34. The lowest BCUT2D eigenvalue weighted by Crippen LogP contribution is -2.37. The molecule has 2 aromatic carbocycles. The minimum Gasteiger partial charge on any atom is -0.454 e. The van der Waals surface area contributed by atoms with Crippen LogP contribution in [0.25, 0.3) is 0 Å². The molecular formula is C28H30BrClFN3O4. The molecule has 1 heterocycles. The second-order valence-electron chi connectivity index (χ2n) is 9.80. The number of benzene rings is 2. The summed E-state index contributed by atoms with van der Waals surface area (Å²) in [6.07, 6.45) is -0.710. The fourth-order valence-corrected chi connectivity index (χ4v) is 4.23. The molecule has 0 aliphatic heterocycles. The molecule has 2 amide bonds. The minimum atomic E-state index is -0.709. The summed E-state index contributed by atoms with van der Waals surface area (Å²) in [5.41, 5.74) is 1.25. The van der Waals surface area contributed by atoms with Gasteiger partial charge in [0.2, 0.25) is 5.91 Å². The number of para-hydroxylation sites is 1. The molecule has 38 heavy (non-hydrogen) atoms. The van der Waals surface area contributed by atoms with Crippen LogP contribution in [-0.2, 0) is 16.1 Å². The molecule has 0 aliphatic carbocycles. The number of nitrogens with zero attached hydrogens (tertiary/aromatic N) is 2. The lowest BCUT2D eigenvalue weighted by Gasteiger charge is -2.26. The monoisotopic (exact) mass is 605 g/mol. The maximum absolute atomic E-state index is 14.3. The van der Waals surface area contributed by atoms with Gasteiger partial charge < -0.3 is 19.7 Å². The van der Waals surface area contributed by atoms with Crippen molar-refractivity contribution in [3.05, 3.63) is 86.9 Å². The molecule has 1 N–H and O–H groups in total. The summed E-state index contributed by atoms with van der Waals surface area (Å²) in [7, 11) is 1.65. The first-order valence-corrected chi connectivity index (χ1v) is 13.1. The highest BCUT2D eigenvalue weighted by molar-refractivity contribution is 9.10. The van der Waals surface area contributed by atoms with E-state index in [1.54, 1.807) is 71.1 Å². The summed E-state index contributed by atoms with van der Waals surface area (Å²) in [5, 5.41) is 3.04. The molecule has 1 unspecified atom stereocenters. The standard InChI is InChI=1S/C28H30BrClFN3O4/c1-17-12-19(13-25(30)32-17)22(33-27(36)38-28(2,3)4)15-26(35)34(5)16-18-8-6-7-9-23(18)37-24-11-10-20(29)14-21(24)31/h6-14,22H,15-16H2,1-5H3,(H,33,36). The zero-order valence-corrected chi connectivity index (χ0v) is 24.2. The van der Waals surface area contributed by atoms with Gasteiger partial charge in [-0.1, -0.05) is 45.7 Å². The van der Waals surface area contributed by atoms with Crippen LogP contribution in [0.15, 0.2) is 59.1 Å². The van der Waals surface area contributed by atoms with Gasteiger partial charge in [-0.05, 0) is 69.7 Å². The van der Waals surface area contributed by atoms with Crippen molar-refractivity contribution >= 4 is 39.5 Å². The van der Waals surface area contributed by atoms with Crippen LogP contribution >= 0.6 is 27.5 Å². The predicted octanol–water partition coefficient (Wildman–Crippen LogP) is 7.35. The number of rotatable bonds is 8. The summed E-state index contributed by atoms with van der Waals surface area (Å²) in [5.74, 6) is -0.267. The highest BCUT2D eigenvalue weighted by Gasteiger charge is 2.25. The van der Waals surface area contributed by atoms with Crippen LogP contribution in [0.2, 0.25) is 5.15 Å². The van der Waals surface area contributed by atoms with Crippen molar-refractivity contribution < 1.29 is 23.5 Å². The lowest BCUT2D eigenvalue weighted by atomic mass is 10.0. The van der Waals surface area contributed by atoms with Crippen molar-refractivity contribution in [2.24, 2.45) is 0 Å². The van der Waals surface area contributed by atoms with Gasteiger partial charge >= 0.3 is 6.09 Å². The third kappa shape index (κ3) is 8.70. The molecule has 0 aliphatic rings. The average molecular weight is 607 g/mol. The van der Waals surface area contributed by atoms with E-state index in [9.17, 15) is 14.0 Å². The fourth-order valence-electron chi connectivity index (χ4n) is 3.64. The van der Waals surface area contributed by atoms with Crippen molar-refractivity contribution in [1.29, 1.82) is 0 Å². The second-order valence-corrected chi connectivity index (χ2v) is 11.1. The molecule has 0 bridgehead atoms. The molecular weight excluding hydrogens is 577 g/mol. The van der Waals surface area contributed by atoms with E-state index in [-0.39, 0.29) is 29.8 Å². The zero-order chi connectivity index (χ0) is 28.0. The summed E-state index contributed by atoms with van der Waals surface area (Å²) in [4.78, 5) is 31.5. The van der Waals surface area contributed by atoms with E-state index in [0.29, 0.717) is 27.0 Å². The number of carbonyl (C=O) groups is 2. The van der Waals surface area contributed by atoms with Crippen molar-refractivity contribution in [2.45, 2.75) is 52.3 Å². The Kier molecular flexibility index (Phi) is 9.73. The molecule has 7 nitrogen and oxygen atoms in total. The Morgan fingerprint density at radius 1 is 1.13 bits per heavy atom. The highest BCUT2D eigenvalue weighted by atomic mass is 79.9. The van der Waals surface area contributed by atoms with Crippen molar-refractivity contribution in [1.82, 2.24) is 15.2 Å². The molecule has 1 aromatic heterocycles. The Balaban J connectivity index is 1.78. The van der Waals surface area contributed by atoms with Gasteiger partial charge in [0.05, 0.1) is 12.5 Å². The quantitative estimate of drug-likeness (QED) is 0.271. The van der Waals surface area contributed by atoms with Gasteiger partial charge in [-0.3, -0.25) is 4.79 Å². The van der Waals surface area contributed by atoms with Crippen LogP contribution in [-0.4, -0.2) is 34.5 Å². The Hall–Kier alpha value is -3.17. The number of alkyl carbamates (subject to hydrolysis) is 1. The molecule has 0 saturated carbocycles. The van der Waals surface area contributed by atoms with Gasteiger partial charge in [0.15, 0.2) is 11.6 Å². The predicted molar refractivity (Wildman–Crippen MR) is 148 cm³/mol. The minimum absolute atomic E-state index is 0.0557. The van der Waals surface area contributed by atoms with Gasteiger partial charge in [0, 0.05) is 29.3 Å². The van der Waals surface area contributed by atoms with Crippen LogP contribution in [0.1, 0.15) is 50.1 Å².